The van der Waals surface area contributed by atoms with Crippen LogP contribution >= 0.6 is 22.7 Å². The molecule has 3 heterocycles. The molecule has 3 nitrogen and oxygen atoms in total. The molecule has 0 aliphatic carbocycles. The predicted molar refractivity (Wildman–Crippen MR) is 98.3 cm³/mol. The zero-order valence-electron chi connectivity index (χ0n) is 13.7. The van der Waals surface area contributed by atoms with Gasteiger partial charge in [-0.1, -0.05) is 19.4 Å². The molecule has 0 radical (unpaired) electrons. The van der Waals surface area contributed by atoms with Crippen LogP contribution in [0, 0.1) is 0 Å². The summed E-state index contributed by atoms with van der Waals surface area (Å²) in [5, 5.41) is 7.44. The monoisotopic (exact) mass is 348 g/mol. The van der Waals surface area contributed by atoms with Crippen molar-refractivity contribution in [2.45, 2.75) is 45.2 Å². The second-order valence-corrected chi connectivity index (χ2v) is 8.17. The molecule has 1 N–H and O–H groups in total. The second kappa shape index (κ2) is 7.60. The van der Waals surface area contributed by atoms with Gasteiger partial charge in [0.1, 0.15) is 0 Å². The standard InChI is InChI=1S/C18H24N2OS2/c1-3-5-13(2)19-17(21)12-20-9-7-15-14(8-11-23-15)18(20)16-6-4-10-22-16/h4,6,8,10-11,13,18H,3,5,7,9,12H2,1-2H3,(H,19,21)/t13-,18+/m1/s1. The van der Waals surface area contributed by atoms with Crippen LogP contribution in [0.25, 0.3) is 0 Å². The summed E-state index contributed by atoms with van der Waals surface area (Å²) in [6.07, 6.45) is 3.18. The van der Waals surface area contributed by atoms with Crippen molar-refractivity contribution in [3.8, 4) is 0 Å². The van der Waals surface area contributed by atoms with Gasteiger partial charge in [-0.3, -0.25) is 9.69 Å². The molecule has 0 bridgehead atoms. The minimum atomic E-state index is 0.145. The van der Waals surface area contributed by atoms with E-state index >= 15 is 0 Å². The molecule has 0 fully saturated rings. The highest BCUT2D eigenvalue weighted by Crippen LogP contribution is 2.39. The molecule has 0 aromatic carbocycles. The summed E-state index contributed by atoms with van der Waals surface area (Å²) in [7, 11) is 0. The molecule has 0 unspecified atom stereocenters. The van der Waals surface area contributed by atoms with E-state index in [0.717, 1.165) is 25.8 Å². The lowest BCUT2D eigenvalue weighted by Gasteiger charge is -2.35. The Bertz CT molecular complexity index is 635. The lowest BCUT2D eigenvalue weighted by Crippen LogP contribution is -2.44. The van der Waals surface area contributed by atoms with Crippen LogP contribution in [-0.4, -0.2) is 29.9 Å². The Labute approximate surface area is 146 Å². The van der Waals surface area contributed by atoms with Crippen molar-refractivity contribution < 1.29 is 4.79 Å². The highest BCUT2D eigenvalue weighted by atomic mass is 32.1. The Morgan fingerprint density at radius 3 is 3.00 bits per heavy atom. The van der Waals surface area contributed by atoms with E-state index in [2.05, 4.69) is 53.0 Å². The summed E-state index contributed by atoms with van der Waals surface area (Å²) in [5.74, 6) is 0.145. The lowest BCUT2D eigenvalue weighted by molar-refractivity contribution is -0.123. The van der Waals surface area contributed by atoms with Gasteiger partial charge >= 0.3 is 0 Å². The Kier molecular flexibility index (Phi) is 5.51. The summed E-state index contributed by atoms with van der Waals surface area (Å²) in [6.45, 7) is 5.67. The van der Waals surface area contributed by atoms with Crippen molar-refractivity contribution >= 4 is 28.6 Å². The van der Waals surface area contributed by atoms with Crippen LogP contribution in [0.2, 0.25) is 0 Å². The van der Waals surface area contributed by atoms with Crippen LogP contribution in [0.5, 0.6) is 0 Å². The molecule has 0 saturated carbocycles. The number of nitrogens with one attached hydrogen (secondary N) is 1. The largest absolute Gasteiger partial charge is 0.353 e. The maximum absolute atomic E-state index is 12.4. The van der Waals surface area contributed by atoms with Crippen molar-refractivity contribution in [1.29, 1.82) is 0 Å². The number of rotatable bonds is 6. The van der Waals surface area contributed by atoms with Crippen LogP contribution in [0.3, 0.4) is 0 Å². The Morgan fingerprint density at radius 1 is 1.39 bits per heavy atom. The first-order valence-corrected chi connectivity index (χ1v) is 10.1. The smallest absolute Gasteiger partial charge is 0.234 e. The van der Waals surface area contributed by atoms with Gasteiger partial charge < -0.3 is 5.32 Å². The Morgan fingerprint density at radius 2 is 2.26 bits per heavy atom. The number of amides is 1. The summed E-state index contributed by atoms with van der Waals surface area (Å²) < 4.78 is 0. The summed E-state index contributed by atoms with van der Waals surface area (Å²) in [5.41, 5.74) is 1.39. The van der Waals surface area contributed by atoms with Gasteiger partial charge in [0.05, 0.1) is 12.6 Å². The first-order valence-electron chi connectivity index (χ1n) is 8.32. The molecule has 124 valence electrons. The van der Waals surface area contributed by atoms with E-state index in [4.69, 9.17) is 0 Å². The van der Waals surface area contributed by atoms with E-state index in [1.54, 1.807) is 11.3 Å². The molecule has 1 aliphatic heterocycles. The molecule has 2 aromatic heterocycles. The maximum Gasteiger partial charge on any atom is 0.234 e. The third kappa shape index (κ3) is 3.84. The number of hydrogen-bond acceptors (Lipinski definition) is 4. The molecule has 0 spiro atoms. The minimum absolute atomic E-state index is 0.145. The molecule has 0 saturated heterocycles. The third-order valence-corrected chi connectivity index (χ3v) is 6.28. The second-order valence-electron chi connectivity index (χ2n) is 6.19. The van der Waals surface area contributed by atoms with E-state index in [-0.39, 0.29) is 18.0 Å². The normalized spacial score (nSPS) is 19.3. The fourth-order valence-electron chi connectivity index (χ4n) is 3.33. The first-order chi connectivity index (χ1) is 11.2. The number of nitrogens with zero attached hydrogens (tertiary/aromatic N) is 1. The van der Waals surface area contributed by atoms with Crippen molar-refractivity contribution in [2.24, 2.45) is 0 Å². The van der Waals surface area contributed by atoms with Crippen molar-refractivity contribution in [3.05, 3.63) is 44.3 Å². The van der Waals surface area contributed by atoms with Crippen molar-refractivity contribution in [2.75, 3.05) is 13.1 Å². The quantitative estimate of drug-likeness (QED) is 0.854. The molecular weight excluding hydrogens is 324 g/mol. The van der Waals surface area contributed by atoms with Gasteiger partial charge in [-0.15, -0.1) is 22.7 Å². The molecule has 2 atom stereocenters. The van der Waals surface area contributed by atoms with Gasteiger partial charge in [0, 0.05) is 22.3 Å². The molecule has 3 rings (SSSR count). The number of fused-ring (bicyclic) bond motifs is 1. The molecule has 1 amide bonds. The third-order valence-electron chi connectivity index (χ3n) is 4.35. The first kappa shape index (κ1) is 16.7. The molecular formula is C18H24N2OS2. The van der Waals surface area contributed by atoms with E-state index in [1.165, 1.54) is 15.3 Å². The number of carbonyl (C=O) groups is 1. The van der Waals surface area contributed by atoms with Crippen LogP contribution in [0.1, 0.15) is 48.0 Å². The zero-order valence-corrected chi connectivity index (χ0v) is 15.4. The Balaban J connectivity index is 1.75. The van der Waals surface area contributed by atoms with E-state index in [9.17, 15) is 4.79 Å². The lowest BCUT2D eigenvalue weighted by atomic mass is 9.98. The fraction of sp³-hybridized carbons (Fsp3) is 0.500. The summed E-state index contributed by atoms with van der Waals surface area (Å²) in [4.78, 5) is 17.5. The van der Waals surface area contributed by atoms with Crippen LogP contribution in [-0.2, 0) is 11.2 Å². The summed E-state index contributed by atoms with van der Waals surface area (Å²) >= 11 is 3.62. The summed E-state index contributed by atoms with van der Waals surface area (Å²) in [6, 6.07) is 7.01. The van der Waals surface area contributed by atoms with Crippen LogP contribution in [0.4, 0.5) is 0 Å². The average molecular weight is 349 g/mol. The van der Waals surface area contributed by atoms with Gasteiger partial charge in [-0.25, -0.2) is 0 Å². The maximum atomic E-state index is 12.4. The highest BCUT2D eigenvalue weighted by molar-refractivity contribution is 7.10. The fourth-order valence-corrected chi connectivity index (χ4v) is 5.11. The zero-order chi connectivity index (χ0) is 16.2. The number of thiophene rings is 2. The van der Waals surface area contributed by atoms with E-state index < -0.39 is 0 Å². The number of carbonyl (C=O) groups excluding carboxylic acids is 1. The van der Waals surface area contributed by atoms with Crippen molar-refractivity contribution in [3.63, 3.8) is 0 Å². The van der Waals surface area contributed by atoms with Gasteiger partial charge in [0.15, 0.2) is 0 Å². The molecule has 2 aromatic rings. The van der Waals surface area contributed by atoms with Gasteiger partial charge in [-0.05, 0) is 48.2 Å². The average Bonchev–Trinajstić information content (AvgIpc) is 3.18. The van der Waals surface area contributed by atoms with Crippen LogP contribution in [0.15, 0.2) is 29.0 Å². The van der Waals surface area contributed by atoms with Gasteiger partial charge in [0.25, 0.3) is 0 Å². The number of hydrogen-bond donors (Lipinski definition) is 1. The topological polar surface area (TPSA) is 32.3 Å². The SMILES string of the molecule is CCC[C@@H](C)NC(=O)CN1CCc2sccc2[C@H]1c1cccs1. The van der Waals surface area contributed by atoms with Crippen molar-refractivity contribution in [1.82, 2.24) is 10.2 Å². The Hall–Kier alpha value is -1.17. The predicted octanol–water partition coefficient (Wildman–Crippen LogP) is 4.06. The molecule has 5 heteroatoms. The van der Waals surface area contributed by atoms with E-state index in [0.29, 0.717) is 6.54 Å². The van der Waals surface area contributed by atoms with Crippen LogP contribution < -0.4 is 5.32 Å². The van der Waals surface area contributed by atoms with E-state index in [1.807, 2.05) is 11.3 Å². The molecule has 1 aliphatic rings. The highest BCUT2D eigenvalue weighted by Gasteiger charge is 2.31. The molecule has 23 heavy (non-hydrogen) atoms. The van der Waals surface area contributed by atoms with Gasteiger partial charge in [0.2, 0.25) is 5.91 Å². The minimum Gasteiger partial charge on any atom is -0.353 e. The van der Waals surface area contributed by atoms with Gasteiger partial charge in [-0.2, -0.15) is 0 Å².